The lowest BCUT2D eigenvalue weighted by molar-refractivity contribution is -0.897. The fourth-order valence-electron chi connectivity index (χ4n) is 2.95. The second-order valence-electron chi connectivity index (χ2n) is 6.46. The lowest BCUT2D eigenvalue weighted by Gasteiger charge is -2.29. The van der Waals surface area contributed by atoms with Crippen LogP contribution in [0.15, 0.2) is 0 Å². The number of unbranched alkanes of at least 4 members (excludes halogenated alkanes) is 7. The van der Waals surface area contributed by atoms with Crippen LogP contribution in [0.3, 0.4) is 0 Å². The van der Waals surface area contributed by atoms with Crippen molar-refractivity contribution in [3.05, 3.63) is 0 Å². The summed E-state index contributed by atoms with van der Waals surface area (Å²) in [6.07, 6.45) is 14.6. The van der Waals surface area contributed by atoms with E-state index in [1.165, 1.54) is 88.3 Å². The molecule has 1 fully saturated rings. The topological polar surface area (TPSA) is 40.1 Å². The number of carbonyl (C=O) groups is 1. The van der Waals surface area contributed by atoms with Crippen molar-refractivity contribution in [1.82, 2.24) is 0 Å². The van der Waals surface area contributed by atoms with Crippen LogP contribution in [-0.4, -0.2) is 37.1 Å². The molecule has 0 radical (unpaired) electrons. The van der Waals surface area contributed by atoms with E-state index in [1.54, 1.807) is 0 Å². The van der Waals surface area contributed by atoms with Gasteiger partial charge in [-0.3, -0.25) is 0 Å². The molecule has 1 aliphatic heterocycles. The SMILES string of the molecule is CC(=O)[O-].CCCCCCCCCC[N+]1(C)CCCC1. The highest BCUT2D eigenvalue weighted by atomic mass is 16.4. The Balaban J connectivity index is 0.000000796. The van der Waals surface area contributed by atoms with Crippen molar-refractivity contribution in [2.45, 2.75) is 78.1 Å². The Morgan fingerprint density at radius 1 is 0.950 bits per heavy atom. The van der Waals surface area contributed by atoms with Crippen molar-refractivity contribution in [1.29, 1.82) is 0 Å². The summed E-state index contributed by atoms with van der Waals surface area (Å²) in [7, 11) is 2.45. The maximum absolute atomic E-state index is 8.89. The Labute approximate surface area is 126 Å². The van der Waals surface area contributed by atoms with Crippen molar-refractivity contribution in [2.75, 3.05) is 26.7 Å². The van der Waals surface area contributed by atoms with Gasteiger partial charge in [-0.25, -0.2) is 0 Å². The van der Waals surface area contributed by atoms with Gasteiger partial charge < -0.3 is 14.4 Å². The summed E-state index contributed by atoms with van der Waals surface area (Å²) in [5.41, 5.74) is 0. The standard InChI is InChI=1S/C15H32N.C2H4O2/c1-3-4-5-6-7-8-9-10-13-16(2)14-11-12-15-16;1-2(3)4/h3-15H2,1-2H3;1H3,(H,3,4)/q+1;/p-1. The predicted octanol–water partition coefficient (Wildman–Crippen LogP) is 3.12. The molecular formula is C17H35NO2. The van der Waals surface area contributed by atoms with Crippen LogP contribution in [0.5, 0.6) is 0 Å². The number of carbonyl (C=O) groups excluding carboxylic acids is 1. The summed E-state index contributed by atoms with van der Waals surface area (Å²) in [4.78, 5) is 8.89. The second-order valence-corrected chi connectivity index (χ2v) is 6.46. The van der Waals surface area contributed by atoms with Gasteiger partial charge in [0, 0.05) is 18.8 Å². The van der Waals surface area contributed by atoms with E-state index in [0.29, 0.717) is 0 Å². The van der Waals surface area contributed by atoms with Crippen LogP contribution in [0.4, 0.5) is 0 Å². The molecule has 0 aromatic carbocycles. The Hall–Kier alpha value is -0.570. The summed E-state index contributed by atoms with van der Waals surface area (Å²) in [6.45, 7) is 7.59. The Kier molecular flexibility index (Phi) is 11.8. The van der Waals surface area contributed by atoms with Crippen molar-refractivity contribution < 1.29 is 14.4 Å². The quantitative estimate of drug-likeness (QED) is 0.482. The number of carboxylic acids is 1. The first kappa shape index (κ1) is 19.4. The average Bonchev–Trinajstić information content (AvgIpc) is 2.79. The third kappa shape index (κ3) is 12.5. The average molecular weight is 285 g/mol. The molecule has 0 bridgehead atoms. The molecule has 3 heteroatoms. The van der Waals surface area contributed by atoms with Gasteiger partial charge in [0.05, 0.1) is 26.7 Å². The molecule has 0 aliphatic carbocycles. The Morgan fingerprint density at radius 3 is 1.80 bits per heavy atom. The van der Waals surface area contributed by atoms with Gasteiger partial charge in [0.25, 0.3) is 0 Å². The van der Waals surface area contributed by atoms with Gasteiger partial charge >= 0.3 is 0 Å². The van der Waals surface area contributed by atoms with Crippen LogP contribution in [0, 0.1) is 0 Å². The Bertz CT molecular complexity index is 231. The Morgan fingerprint density at radius 2 is 1.35 bits per heavy atom. The molecule has 0 N–H and O–H groups in total. The third-order valence-corrected chi connectivity index (χ3v) is 4.20. The van der Waals surface area contributed by atoms with Gasteiger partial charge in [-0.1, -0.05) is 45.4 Å². The number of hydrogen-bond donors (Lipinski definition) is 0. The van der Waals surface area contributed by atoms with E-state index < -0.39 is 5.97 Å². The minimum Gasteiger partial charge on any atom is -0.550 e. The summed E-state index contributed by atoms with van der Waals surface area (Å²) in [5, 5.41) is 8.89. The highest BCUT2D eigenvalue weighted by molar-refractivity contribution is 5.60. The van der Waals surface area contributed by atoms with Crippen LogP contribution < -0.4 is 5.11 Å². The number of carboxylic acid groups (broad SMARTS) is 1. The monoisotopic (exact) mass is 285 g/mol. The number of likely N-dealkylation sites (tertiary alicyclic amines) is 1. The van der Waals surface area contributed by atoms with E-state index >= 15 is 0 Å². The highest BCUT2D eigenvalue weighted by Gasteiger charge is 2.25. The molecule has 0 aromatic rings. The fraction of sp³-hybridized carbons (Fsp3) is 0.941. The molecule has 0 saturated carbocycles. The predicted molar refractivity (Wildman–Crippen MR) is 83.3 cm³/mol. The zero-order valence-corrected chi connectivity index (χ0v) is 14.0. The van der Waals surface area contributed by atoms with Crippen LogP contribution in [0.2, 0.25) is 0 Å². The number of quaternary nitrogens is 1. The van der Waals surface area contributed by atoms with Gasteiger partial charge in [-0.2, -0.15) is 0 Å². The molecular weight excluding hydrogens is 250 g/mol. The molecule has 3 nitrogen and oxygen atoms in total. The second kappa shape index (κ2) is 12.2. The normalized spacial score (nSPS) is 16.6. The zero-order valence-electron chi connectivity index (χ0n) is 14.0. The molecule has 120 valence electrons. The van der Waals surface area contributed by atoms with E-state index in [1.807, 2.05) is 0 Å². The minimum absolute atomic E-state index is 0.972. The van der Waals surface area contributed by atoms with Crippen LogP contribution in [0.1, 0.15) is 78.1 Å². The van der Waals surface area contributed by atoms with Crippen LogP contribution in [-0.2, 0) is 4.79 Å². The summed E-state index contributed by atoms with van der Waals surface area (Å²) in [5.74, 6) is -1.08. The largest absolute Gasteiger partial charge is 0.550 e. The maximum atomic E-state index is 8.89. The number of nitrogens with zero attached hydrogens (tertiary/aromatic N) is 1. The molecule has 0 amide bonds. The molecule has 0 atom stereocenters. The highest BCUT2D eigenvalue weighted by Crippen LogP contribution is 2.18. The van der Waals surface area contributed by atoms with Gasteiger partial charge in [0.15, 0.2) is 0 Å². The first-order valence-electron chi connectivity index (χ1n) is 8.51. The van der Waals surface area contributed by atoms with E-state index in [9.17, 15) is 0 Å². The number of rotatable bonds is 9. The van der Waals surface area contributed by atoms with Crippen molar-refractivity contribution in [3.8, 4) is 0 Å². The molecule has 1 saturated heterocycles. The van der Waals surface area contributed by atoms with Gasteiger partial charge in [0.2, 0.25) is 0 Å². The number of aliphatic carboxylic acids is 1. The molecule has 0 unspecified atom stereocenters. The van der Waals surface area contributed by atoms with Crippen molar-refractivity contribution in [2.24, 2.45) is 0 Å². The van der Waals surface area contributed by atoms with Crippen LogP contribution >= 0.6 is 0 Å². The number of hydrogen-bond acceptors (Lipinski definition) is 2. The molecule has 1 aliphatic rings. The minimum atomic E-state index is -1.08. The van der Waals surface area contributed by atoms with Gasteiger partial charge in [0.1, 0.15) is 0 Å². The molecule has 20 heavy (non-hydrogen) atoms. The first-order valence-corrected chi connectivity index (χ1v) is 8.51. The van der Waals surface area contributed by atoms with Crippen molar-refractivity contribution >= 4 is 5.97 Å². The molecule has 0 aromatic heterocycles. The smallest absolute Gasteiger partial charge is 0.0786 e. The zero-order chi connectivity index (χ0) is 15.3. The third-order valence-electron chi connectivity index (χ3n) is 4.20. The maximum Gasteiger partial charge on any atom is 0.0786 e. The van der Waals surface area contributed by atoms with E-state index in [0.717, 1.165) is 6.92 Å². The summed E-state index contributed by atoms with van der Waals surface area (Å²) in [6, 6.07) is 0. The van der Waals surface area contributed by atoms with E-state index in [4.69, 9.17) is 9.90 Å². The summed E-state index contributed by atoms with van der Waals surface area (Å²) < 4.78 is 1.37. The van der Waals surface area contributed by atoms with Gasteiger partial charge in [-0.15, -0.1) is 0 Å². The molecule has 1 heterocycles. The lowest BCUT2D eigenvalue weighted by atomic mass is 10.1. The van der Waals surface area contributed by atoms with E-state index in [-0.39, 0.29) is 0 Å². The molecule has 0 spiro atoms. The fourth-order valence-corrected chi connectivity index (χ4v) is 2.95. The lowest BCUT2D eigenvalue weighted by Crippen LogP contribution is -2.41. The van der Waals surface area contributed by atoms with Gasteiger partial charge in [-0.05, 0) is 19.8 Å². The molecule has 1 rings (SSSR count). The first-order chi connectivity index (χ1) is 9.50. The van der Waals surface area contributed by atoms with Crippen LogP contribution in [0.25, 0.3) is 0 Å². The van der Waals surface area contributed by atoms with E-state index in [2.05, 4.69) is 14.0 Å². The summed E-state index contributed by atoms with van der Waals surface area (Å²) >= 11 is 0. The van der Waals surface area contributed by atoms with Crippen molar-refractivity contribution in [3.63, 3.8) is 0 Å².